The highest BCUT2D eigenvalue weighted by molar-refractivity contribution is 7.98. The summed E-state index contributed by atoms with van der Waals surface area (Å²) in [6.45, 7) is 4.44. The van der Waals surface area contributed by atoms with Crippen LogP contribution in [0.3, 0.4) is 0 Å². The topological polar surface area (TPSA) is 55.1 Å². The lowest BCUT2D eigenvalue weighted by Crippen LogP contribution is -2.23. The van der Waals surface area contributed by atoms with Gasteiger partial charge in [0.1, 0.15) is 17.3 Å². The molecule has 0 aliphatic heterocycles. The van der Waals surface area contributed by atoms with Crippen LogP contribution in [0.4, 0.5) is 4.39 Å². The highest BCUT2D eigenvalue weighted by atomic mass is 32.2. The number of carbonyl (C=O) groups excluding carboxylic acids is 1. The first-order valence-corrected chi connectivity index (χ1v) is 8.74. The summed E-state index contributed by atoms with van der Waals surface area (Å²) in [6.07, 6.45) is 0.445. The molecule has 0 aliphatic carbocycles. The predicted molar refractivity (Wildman–Crippen MR) is 89.6 cm³/mol. The van der Waals surface area contributed by atoms with Gasteiger partial charge in [0.2, 0.25) is 5.91 Å². The molecule has 124 valence electrons. The first-order valence-electron chi connectivity index (χ1n) is 7.59. The standard InChI is InChI=1S/C17H21FN2O2S/c1-12(2)16-9-15(20-22-16)10-19-17(21)7-8-23-11-13-3-5-14(18)6-4-13/h3-6,9,12H,7-8,10-11H2,1-2H3,(H,19,21). The average molecular weight is 336 g/mol. The lowest BCUT2D eigenvalue weighted by Gasteiger charge is -2.04. The Morgan fingerprint density at radius 1 is 1.35 bits per heavy atom. The number of hydrogen-bond donors (Lipinski definition) is 1. The Labute approximate surface area is 139 Å². The van der Waals surface area contributed by atoms with E-state index in [4.69, 9.17) is 4.52 Å². The third kappa shape index (κ3) is 6.06. The molecule has 0 unspecified atom stereocenters. The molecule has 1 aromatic carbocycles. The van der Waals surface area contributed by atoms with Crippen molar-refractivity contribution in [1.29, 1.82) is 0 Å². The molecular formula is C17H21FN2O2S. The molecule has 6 heteroatoms. The number of halogens is 1. The summed E-state index contributed by atoms with van der Waals surface area (Å²) in [7, 11) is 0. The highest BCUT2D eigenvalue weighted by Crippen LogP contribution is 2.15. The van der Waals surface area contributed by atoms with Crippen LogP contribution in [0.15, 0.2) is 34.9 Å². The number of hydrogen-bond acceptors (Lipinski definition) is 4. The van der Waals surface area contributed by atoms with E-state index in [0.717, 1.165) is 28.5 Å². The SMILES string of the molecule is CC(C)c1cc(CNC(=O)CCSCc2ccc(F)cc2)no1. The summed E-state index contributed by atoms with van der Waals surface area (Å²) in [5, 5.41) is 6.76. The Kier molecular flexibility index (Phi) is 6.65. The van der Waals surface area contributed by atoms with E-state index in [1.165, 1.54) is 12.1 Å². The molecule has 1 aromatic heterocycles. The van der Waals surface area contributed by atoms with Crippen molar-refractivity contribution in [2.24, 2.45) is 0 Å². The van der Waals surface area contributed by atoms with Gasteiger partial charge in [-0.05, 0) is 17.7 Å². The Morgan fingerprint density at radius 3 is 2.74 bits per heavy atom. The molecule has 0 radical (unpaired) electrons. The molecule has 2 aromatic rings. The van der Waals surface area contributed by atoms with Gasteiger partial charge in [-0.1, -0.05) is 31.1 Å². The van der Waals surface area contributed by atoms with Gasteiger partial charge in [-0.3, -0.25) is 4.79 Å². The van der Waals surface area contributed by atoms with E-state index in [2.05, 4.69) is 10.5 Å². The largest absolute Gasteiger partial charge is 0.361 e. The van der Waals surface area contributed by atoms with Crippen LogP contribution >= 0.6 is 11.8 Å². The maximum atomic E-state index is 12.8. The van der Waals surface area contributed by atoms with E-state index >= 15 is 0 Å². The number of carbonyl (C=O) groups is 1. The zero-order valence-corrected chi connectivity index (χ0v) is 14.2. The van der Waals surface area contributed by atoms with E-state index in [0.29, 0.717) is 13.0 Å². The van der Waals surface area contributed by atoms with Gasteiger partial charge in [0, 0.05) is 29.9 Å². The molecule has 0 aliphatic rings. The molecular weight excluding hydrogens is 315 g/mol. The maximum absolute atomic E-state index is 12.8. The van der Waals surface area contributed by atoms with Gasteiger partial charge in [0.05, 0.1) is 6.54 Å². The van der Waals surface area contributed by atoms with E-state index in [9.17, 15) is 9.18 Å². The maximum Gasteiger partial charge on any atom is 0.221 e. The summed E-state index contributed by atoms with van der Waals surface area (Å²) in [5.74, 6) is 2.37. The molecule has 1 N–H and O–H groups in total. The number of rotatable bonds is 8. The number of nitrogens with one attached hydrogen (secondary N) is 1. The minimum Gasteiger partial charge on any atom is -0.361 e. The molecule has 2 rings (SSSR count). The van der Waals surface area contributed by atoms with Gasteiger partial charge in [0.15, 0.2) is 0 Å². The second kappa shape index (κ2) is 8.72. The average Bonchev–Trinajstić information content (AvgIpc) is 3.00. The number of nitrogens with zero attached hydrogens (tertiary/aromatic N) is 1. The first-order chi connectivity index (χ1) is 11.0. The van der Waals surface area contributed by atoms with Crippen molar-refractivity contribution in [2.75, 3.05) is 5.75 Å². The molecule has 0 saturated heterocycles. The fourth-order valence-electron chi connectivity index (χ4n) is 1.90. The van der Waals surface area contributed by atoms with Gasteiger partial charge < -0.3 is 9.84 Å². The number of amides is 1. The summed E-state index contributed by atoms with van der Waals surface area (Å²) < 4.78 is 18.0. The molecule has 0 atom stereocenters. The lowest BCUT2D eigenvalue weighted by molar-refractivity contribution is -0.120. The molecule has 1 amide bonds. The van der Waals surface area contributed by atoms with Crippen molar-refractivity contribution in [3.05, 3.63) is 53.2 Å². The van der Waals surface area contributed by atoms with Crippen molar-refractivity contribution in [3.8, 4) is 0 Å². The Morgan fingerprint density at radius 2 is 2.09 bits per heavy atom. The summed E-state index contributed by atoms with van der Waals surface area (Å²) >= 11 is 1.65. The second-order valence-corrected chi connectivity index (χ2v) is 6.69. The van der Waals surface area contributed by atoms with Crippen molar-refractivity contribution >= 4 is 17.7 Å². The molecule has 0 saturated carbocycles. The minimum absolute atomic E-state index is 0.00861. The second-order valence-electron chi connectivity index (χ2n) is 5.58. The number of aromatic nitrogens is 1. The summed E-state index contributed by atoms with van der Waals surface area (Å²) in [4.78, 5) is 11.8. The number of thioether (sulfide) groups is 1. The number of benzene rings is 1. The van der Waals surface area contributed by atoms with Crippen LogP contribution in [0.2, 0.25) is 0 Å². The summed E-state index contributed by atoms with van der Waals surface area (Å²) in [6, 6.07) is 8.30. The van der Waals surface area contributed by atoms with Gasteiger partial charge in [-0.25, -0.2) is 4.39 Å². The Bertz CT molecular complexity index is 626. The minimum atomic E-state index is -0.230. The zero-order chi connectivity index (χ0) is 16.7. The van der Waals surface area contributed by atoms with Crippen LogP contribution in [-0.4, -0.2) is 16.8 Å². The van der Waals surface area contributed by atoms with E-state index in [1.807, 2.05) is 19.9 Å². The molecule has 0 fully saturated rings. The van der Waals surface area contributed by atoms with Gasteiger partial charge in [-0.15, -0.1) is 0 Å². The fourth-order valence-corrected chi connectivity index (χ4v) is 2.80. The normalized spacial score (nSPS) is 11.0. The van der Waals surface area contributed by atoms with Gasteiger partial charge >= 0.3 is 0 Å². The van der Waals surface area contributed by atoms with Crippen LogP contribution in [-0.2, 0) is 17.1 Å². The zero-order valence-electron chi connectivity index (χ0n) is 13.3. The van der Waals surface area contributed by atoms with Crippen LogP contribution in [0.1, 0.15) is 43.2 Å². The molecule has 4 nitrogen and oxygen atoms in total. The van der Waals surface area contributed by atoms with Crippen molar-refractivity contribution < 1.29 is 13.7 Å². The molecule has 23 heavy (non-hydrogen) atoms. The Hall–Kier alpha value is -1.82. The quantitative estimate of drug-likeness (QED) is 0.743. The summed E-state index contributed by atoms with van der Waals surface area (Å²) in [5.41, 5.74) is 1.79. The predicted octanol–water partition coefficient (Wildman–Crippen LogP) is 3.88. The van der Waals surface area contributed by atoms with E-state index in [1.54, 1.807) is 23.9 Å². The van der Waals surface area contributed by atoms with Crippen molar-refractivity contribution in [1.82, 2.24) is 10.5 Å². The monoisotopic (exact) mass is 336 g/mol. The van der Waals surface area contributed by atoms with Crippen molar-refractivity contribution in [2.45, 2.75) is 38.5 Å². The van der Waals surface area contributed by atoms with Crippen LogP contribution < -0.4 is 5.32 Å². The molecule has 1 heterocycles. The van der Waals surface area contributed by atoms with Crippen LogP contribution in [0, 0.1) is 5.82 Å². The first kappa shape index (κ1) is 17.5. The molecule has 0 spiro atoms. The highest BCUT2D eigenvalue weighted by Gasteiger charge is 2.09. The van der Waals surface area contributed by atoms with E-state index in [-0.39, 0.29) is 17.6 Å². The fraction of sp³-hybridized carbons (Fsp3) is 0.412. The van der Waals surface area contributed by atoms with Crippen LogP contribution in [0.5, 0.6) is 0 Å². The van der Waals surface area contributed by atoms with Gasteiger partial charge in [0.25, 0.3) is 0 Å². The Balaban J connectivity index is 1.62. The third-order valence-corrected chi connectivity index (χ3v) is 4.30. The van der Waals surface area contributed by atoms with Gasteiger partial charge in [-0.2, -0.15) is 11.8 Å². The molecule has 0 bridgehead atoms. The van der Waals surface area contributed by atoms with E-state index < -0.39 is 0 Å². The third-order valence-electron chi connectivity index (χ3n) is 3.27. The van der Waals surface area contributed by atoms with Crippen LogP contribution in [0.25, 0.3) is 0 Å². The lowest BCUT2D eigenvalue weighted by atomic mass is 10.1. The smallest absolute Gasteiger partial charge is 0.221 e. The van der Waals surface area contributed by atoms with Crippen molar-refractivity contribution in [3.63, 3.8) is 0 Å².